The van der Waals surface area contributed by atoms with Crippen molar-refractivity contribution >= 4 is 17.2 Å². The molecule has 4 heterocycles. The molecule has 5 nitrogen and oxygen atoms in total. The van der Waals surface area contributed by atoms with Crippen LogP contribution in [0.15, 0.2) is 77.7 Å². The monoisotopic (exact) mass is 402 g/mol. The Kier molecular flexibility index (Phi) is 4.62. The van der Waals surface area contributed by atoms with Crippen LogP contribution in [0.4, 0.5) is 0 Å². The highest BCUT2D eigenvalue weighted by Gasteiger charge is 2.25. The molecule has 0 atom stereocenters. The standard InChI is InChI=1S/C23H18N2O3S/c26-23(21-11-17-15-28-20-8-2-1-7-19(20)22(17)29-21)25(14-18-6-4-10-27-18)13-16-5-3-9-24-12-16/h1-12H,13-15H2. The molecule has 0 spiro atoms. The van der Waals surface area contributed by atoms with Gasteiger partial charge in [-0.25, -0.2) is 0 Å². The van der Waals surface area contributed by atoms with E-state index in [0.29, 0.717) is 24.6 Å². The predicted octanol–water partition coefficient (Wildman–Crippen LogP) is 5.14. The summed E-state index contributed by atoms with van der Waals surface area (Å²) in [6.07, 6.45) is 5.14. The average Bonchev–Trinajstić information content (AvgIpc) is 3.43. The first-order chi connectivity index (χ1) is 14.3. The average molecular weight is 402 g/mol. The number of benzene rings is 1. The Morgan fingerprint density at radius 3 is 2.86 bits per heavy atom. The Morgan fingerprint density at radius 1 is 1.10 bits per heavy atom. The molecular weight excluding hydrogens is 384 g/mol. The van der Waals surface area contributed by atoms with Crippen LogP contribution in [-0.2, 0) is 19.7 Å². The van der Waals surface area contributed by atoms with Gasteiger partial charge in [-0.05, 0) is 42.0 Å². The summed E-state index contributed by atoms with van der Waals surface area (Å²) in [7, 11) is 0. The molecular formula is C23H18N2O3S. The lowest BCUT2D eigenvalue weighted by Crippen LogP contribution is -2.29. The zero-order valence-corrected chi connectivity index (χ0v) is 16.4. The van der Waals surface area contributed by atoms with Crippen molar-refractivity contribution in [2.75, 3.05) is 0 Å². The fourth-order valence-electron chi connectivity index (χ4n) is 3.46. The quantitative estimate of drug-likeness (QED) is 0.464. The third kappa shape index (κ3) is 3.54. The first kappa shape index (κ1) is 17.7. The van der Waals surface area contributed by atoms with Crippen molar-refractivity contribution in [2.24, 2.45) is 0 Å². The van der Waals surface area contributed by atoms with Crippen LogP contribution in [0.1, 0.15) is 26.6 Å². The molecule has 0 bridgehead atoms. The number of amides is 1. The Bertz CT molecular complexity index is 1140. The van der Waals surface area contributed by atoms with Crippen molar-refractivity contribution in [1.82, 2.24) is 9.88 Å². The minimum absolute atomic E-state index is 0.0258. The van der Waals surface area contributed by atoms with E-state index >= 15 is 0 Å². The number of hydrogen-bond donors (Lipinski definition) is 0. The molecule has 3 aromatic heterocycles. The van der Waals surface area contributed by atoms with Crippen molar-refractivity contribution in [3.63, 3.8) is 0 Å². The van der Waals surface area contributed by atoms with Crippen LogP contribution in [0.3, 0.4) is 0 Å². The molecule has 1 aliphatic rings. The summed E-state index contributed by atoms with van der Waals surface area (Å²) in [6, 6.07) is 17.5. The fraction of sp³-hybridized carbons (Fsp3) is 0.130. The molecule has 0 aliphatic carbocycles. The van der Waals surface area contributed by atoms with E-state index < -0.39 is 0 Å². The van der Waals surface area contributed by atoms with Crippen molar-refractivity contribution in [3.05, 3.63) is 95.0 Å². The number of para-hydroxylation sites is 1. The van der Waals surface area contributed by atoms with E-state index in [-0.39, 0.29) is 5.91 Å². The normalized spacial score (nSPS) is 12.0. The molecule has 0 unspecified atom stereocenters. The molecule has 1 amide bonds. The number of furan rings is 1. The Balaban J connectivity index is 1.47. The van der Waals surface area contributed by atoms with Gasteiger partial charge in [0.2, 0.25) is 0 Å². The number of ether oxygens (including phenoxy) is 1. The predicted molar refractivity (Wildman–Crippen MR) is 111 cm³/mol. The van der Waals surface area contributed by atoms with Crippen molar-refractivity contribution in [1.29, 1.82) is 0 Å². The molecule has 6 heteroatoms. The number of fused-ring (bicyclic) bond motifs is 3. The third-order valence-corrected chi connectivity index (χ3v) is 6.04. The molecule has 4 aromatic rings. The molecule has 0 saturated heterocycles. The number of hydrogen-bond acceptors (Lipinski definition) is 5. The van der Waals surface area contributed by atoms with E-state index in [1.54, 1.807) is 23.6 Å². The molecule has 1 aliphatic heterocycles. The molecule has 29 heavy (non-hydrogen) atoms. The summed E-state index contributed by atoms with van der Waals surface area (Å²) < 4.78 is 11.3. The van der Waals surface area contributed by atoms with Gasteiger partial charge in [-0.3, -0.25) is 9.78 Å². The second-order valence-electron chi connectivity index (χ2n) is 6.85. The second-order valence-corrected chi connectivity index (χ2v) is 7.90. The lowest BCUT2D eigenvalue weighted by Gasteiger charge is -2.21. The summed E-state index contributed by atoms with van der Waals surface area (Å²) in [5.41, 5.74) is 3.07. The van der Waals surface area contributed by atoms with E-state index in [2.05, 4.69) is 4.98 Å². The van der Waals surface area contributed by atoms with Gasteiger partial charge in [-0.1, -0.05) is 18.2 Å². The number of pyridine rings is 1. The van der Waals surface area contributed by atoms with E-state index in [0.717, 1.165) is 33.1 Å². The number of carbonyl (C=O) groups is 1. The third-order valence-electron chi connectivity index (χ3n) is 4.84. The van der Waals surface area contributed by atoms with E-state index in [1.165, 1.54) is 11.3 Å². The van der Waals surface area contributed by atoms with Crippen LogP contribution >= 0.6 is 11.3 Å². The Morgan fingerprint density at radius 2 is 2.03 bits per heavy atom. The number of nitrogens with zero attached hydrogens (tertiary/aromatic N) is 2. The molecule has 0 fully saturated rings. The van der Waals surface area contributed by atoms with Gasteiger partial charge in [0, 0.05) is 34.9 Å². The molecule has 5 rings (SSSR count). The number of aromatic nitrogens is 1. The van der Waals surface area contributed by atoms with Crippen molar-refractivity contribution < 1.29 is 13.9 Å². The van der Waals surface area contributed by atoms with Crippen LogP contribution in [0.5, 0.6) is 5.75 Å². The summed E-state index contributed by atoms with van der Waals surface area (Å²) in [4.78, 5) is 21.2. The van der Waals surface area contributed by atoms with Crippen LogP contribution in [0.2, 0.25) is 0 Å². The van der Waals surface area contributed by atoms with E-state index in [9.17, 15) is 4.79 Å². The zero-order chi connectivity index (χ0) is 19.6. The highest BCUT2D eigenvalue weighted by atomic mass is 32.1. The highest BCUT2D eigenvalue weighted by Crippen LogP contribution is 2.42. The lowest BCUT2D eigenvalue weighted by molar-refractivity contribution is 0.0722. The lowest BCUT2D eigenvalue weighted by atomic mass is 10.1. The highest BCUT2D eigenvalue weighted by molar-refractivity contribution is 7.17. The van der Waals surface area contributed by atoms with Gasteiger partial charge in [0.25, 0.3) is 5.91 Å². The minimum Gasteiger partial charge on any atom is -0.488 e. The molecule has 1 aromatic carbocycles. The van der Waals surface area contributed by atoms with Crippen LogP contribution in [-0.4, -0.2) is 15.8 Å². The van der Waals surface area contributed by atoms with Crippen molar-refractivity contribution in [2.45, 2.75) is 19.7 Å². The fourth-order valence-corrected chi connectivity index (χ4v) is 4.63. The maximum absolute atomic E-state index is 13.4. The zero-order valence-electron chi connectivity index (χ0n) is 15.6. The SMILES string of the molecule is O=C(c1cc2c(s1)-c1ccccc1OC2)N(Cc1cccnc1)Cc1ccco1. The largest absolute Gasteiger partial charge is 0.488 e. The van der Waals surface area contributed by atoms with Gasteiger partial charge in [0.15, 0.2) is 0 Å². The van der Waals surface area contributed by atoms with Crippen molar-refractivity contribution in [3.8, 4) is 16.2 Å². The van der Waals surface area contributed by atoms with E-state index in [1.807, 2.05) is 54.6 Å². The molecule has 0 saturated carbocycles. The first-order valence-electron chi connectivity index (χ1n) is 9.33. The van der Waals surface area contributed by atoms with Crippen LogP contribution in [0.25, 0.3) is 10.4 Å². The number of carbonyl (C=O) groups excluding carboxylic acids is 1. The van der Waals surface area contributed by atoms with Crippen LogP contribution < -0.4 is 4.74 Å². The number of thiophene rings is 1. The molecule has 144 valence electrons. The maximum atomic E-state index is 13.4. The Labute approximate surface area is 172 Å². The maximum Gasteiger partial charge on any atom is 0.264 e. The van der Waals surface area contributed by atoms with Gasteiger partial charge < -0.3 is 14.1 Å². The summed E-state index contributed by atoms with van der Waals surface area (Å²) in [5, 5.41) is 0. The van der Waals surface area contributed by atoms with Gasteiger partial charge >= 0.3 is 0 Å². The topological polar surface area (TPSA) is 55.6 Å². The van der Waals surface area contributed by atoms with Gasteiger partial charge in [0.1, 0.15) is 18.1 Å². The van der Waals surface area contributed by atoms with Gasteiger partial charge in [-0.15, -0.1) is 11.3 Å². The van der Waals surface area contributed by atoms with Crippen LogP contribution in [0, 0.1) is 0 Å². The summed E-state index contributed by atoms with van der Waals surface area (Å²) in [6.45, 7) is 1.34. The van der Waals surface area contributed by atoms with Gasteiger partial charge in [0.05, 0.1) is 17.7 Å². The van der Waals surface area contributed by atoms with E-state index in [4.69, 9.17) is 9.15 Å². The Hall–Kier alpha value is -3.38. The number of rotatable bonds is 5. The second kappa shape index (κ2) is 7.56. The summed E-state index contributed by atoms with van der Waals surface area (Å²) >= 11 is 1.52. The molecule has 0 N–H and O–H groups in total. The smallest absolute Gasteiger partial charge is 0.264 e. The minimum atomic E-state index is -0.0258. The molecule has 0 radical (unpaired) electrons. The van der Waals surface area contributed by atoms with Gasteiger partial charge in [-0.2, -0.15) is 0 Å². The first-order valence-corrected chi connectivity index (χ1v) is 10.1. The summed E-state index contributed by atoms with van der Waals surface area (Å²) in [5.74, 6) is 1.59.